The Balaban J connectivity index is 1.41. The topological polar surface area (TPSA) is 123 Å². The number of aliphatic hydroxyl groups is 1. The van der Waals surface area contributed by atoms with Crippen molar-refractivity contribution in [2.45, 2.75) is 43.6 Å². The molecule has 3 aromatic rings. The molecule has 0 saturated heterocycles. The van der Waals surface area contributed by atoms with E-state index in [1.165, 1.54) is 0 Å². The van der Waals surface area contributed by atoms with E-state index in [1.807, 2.05) is 84.9 Å². The molecule has 5 rings (SSSR count). The molecule has 2 bridgehead atoms. The van der Waals surface area contributed by atoms with Crippen LogP contribution in [0.5, 0.6) is 11.5 Å². The summed E-state index contributed by atoms with van der Waals surface area (Å²) in [5.41, 5.74) is 8.65. The third kappa shape index (κ3) is 6.77. The van der Waals surface area contributed by atoms with Gasteiger partial charge in [-0.2, -0.15) is 0 Å². The molecule has 0 spiro atoms. The number of aliphatic hydroxyl groups excluding tert-OH is 1. The molecule has 2 aliphatic rings. The van der Waals surface area contributed by atoms with Crippen LogP contribution in [0.3, 0.4) is 0 Å². The molecule has 3 aromatic carbocycles. The highest BCUT2D eigenvalue weighted by Crippen LogP contribution is 2.43. The molecule has 8 nitrogen and oxygen atoms in total. The van der Waals surface area contributed by atoms with Gasteiger partial charge in [0.1, 0.15) is 17.4 Å². The molecule has 208 valence electrons. The van der Waals surface area contributed by atoms with Crippen molar-refractivity contribution < 1.29 is 24.2 Å². The van der Waals surface area contributed by atoms with Gasteiger partial charge >= 0.3 is 0 Å². The van der Waals surface area contributed by atoms with Gasteiger partial charge in [-0.3, -0.25) is 9.59 Å². The number of primary amides is 1. The summed E-state index contributed by atoms with van der Waals surface area (Å²) in [6, 6.07) is 24.5. The summed E-state index contributed by atoms with van der Waals surface area (Å²) in [5, 5.41) is 17.7. The van der Waals surface area contributed by atoms with E-state index in [-0.39, 0.29) is 25.1 Å². The van der Waals surface area contributed by atoms with Crippen LogP contribution in [0.2, 0.25) is 0 Å². The summed E-state index contributed by atoms with van der Waals surface area (Å²) in [4.78, 5) is 25.2. The maximum absolute atomic E-state index is 13.1. The Bertz CT molecular complexity index is 1330. The minimum Gasteiger partial charge on any atom is -0.457 e. The maximum Gasteiger partial charge on any atom is 0.233 e. The van der Waals surface area contributed by atoms with Crippen LogP contribution in [0.15, 0.2) is 91.0 Å². The van der Waals surface area contributed by atoms with Gasteiger partial charge in [0.2, 0.25) is 11.8 Å². The fourth-order valence-electron chi connectivity index (χ4n) is 5.32. The van der Waals surface area contributed by atoms with Crippen LogP contribution in [0.4, 0.5) is 0 Å². The second-order valence-electron chi connectivity index (χ2n) is 10.3. The van der Waals surface area contributed by atoms with Crippen molar-refractivity contribution in [1.29, 1.82) is 0 Å². The lowest BCUT2D eigenvalue weighted by Gasteiger charge is -2.27. The van der Waals surface area contributed by atoms with Crippen molar-refractivity contribution in [2.75, 3.05) is 13.2 Å². The number of fused-ring (bicyclic) bond motifs is 5. The first-order valence-corrected chi connectivity index (χ1v) is 13.7. The minimum absolute atomic E-state index is 0.0884. The van der Waals surface area contributed by atoms with E-state index in [0.29, 0.717) is 19.4 Å². The lowest BCUT2D eigenvalue weighted by molar-refractivity contribution is -0.134. The molecule has 2 unspecified atom stereocenters. The molecule has 1 aliphatic heterocycles. The number of nitrogens with one attached hydrogen (secondary N) is 2. The third-order valence-electron chi connectivity index (χ3n) is 7.47. The lowest BCUT2D eigenvalue weighted by atomic mass is 9.98. The van der Waals surface area contributed by atoms with Crippen LogP contribution in [-0.4, -0.2) is 42.2 Å². The highest BCUT2D eigenvalue weighted by atomic mass is 16.5. The lowest BCUT2D eigenvalue weighted by Crippen LogP contribution is -2.52. The van der Waals surface area contributed by atoms with Gasteiger partial charge in [-0.25, -0.2) is 0 Å². The van der Waals surface area contributed by atoms with Crippen molar-refractivity contribution in [3.05, 3.63) is 108 Å². The van der Waals surface area contributed by atoms with Crippen molar-refractivity contribution in [1.82, 2.24) is 10.6 Å². The van der Waals surface area contributed by atoms with E-state index >= 15 is 0 Å². The minimum atomic E-state index is -1.04. The molecule has 0 radical (unpaired) electrons. The van der Waals surface area contributed by atoms with E-state index in [1.54, 1.807) is 6.08 Å². The first-order chi connectivity index (χ1) is 19.5. The largest absolute Gasteiger partial charge is 0.457 e. The Kier molecular flexibility index (Phi) is 8.91. The van der Waals surface area contributed by atoms with E-state index in [4.69, 9.17) is 15.2 Å². The van der Waals surface area contributed by atoms with Gasteiger partial charge in [0.25, 0.3) is 0 Å². The maximum atomic E-state index is 13.1. The van der Waals surface area contributed by atoms with Crippen molar-refractivity contribution in [3.63, 3.8) is 0 Å². The highest BCUT2D eigenvalue weighted by Gasteiger charge is 2.34. The molecule has 1 heterocycles. The van der Waals surface area contributed by atoms with E-state index in [0.717, 1.165) is 28.2 Å². The fraction of sp³-hybridized carbons (Fsp3) is 0.312. The first kappa shape index (κ1) is 27.6. The summed E-state index contributed by atoms with van der Waals surface area (Å²) in [5.74, 6) is -0.775. The van der Waals surface area contributed by atoms with Gasteiger partial charge in [-0.15, -0.1) is 0 Å². The number of amides is 2. The monoisotopic (exact) mass is 541 g/mol. The predicted octanol–water partition coefficient (Wildman–Crippen LogP) is 3.72. The van der Waals surface area contributed by atoms with Gasteiger partial charge in [-0.05, 0) is 60.2 Å². The second-order valence-corrected chi connectivity index (χ2v) is 10.3. The quantitative estimate of drug-likeness (QED) is 0.289. The summed E-state index contributed by atoms with van der Waals surface area (Å²) in [6.07, 6.45) is 3.72. The number of hydrogen-bond donors (Lipinski definition) is 4. The molecule has 8 heteroatoms. The SMILES string of the molecule is NC(=O)[C@@H]1C/C=C/COC2CC(NC[C@@H](O)[C@H](Cc3ccccc3)NC1=O)c1cc(Oc3ccccc3)ccc12. The highest BCUT2D eigenvalue weighted by molar-refractivity contribution is 5.99. The van der Waals surface area contributed by atoms with Gasteiger partial charge in [0.05, 0.1) is 24.9 Å². The van der Waals surface area contributed by atoms with Gasteiger partial charge in [-0.1, -0.05) is 66.7 Å². The number of allylic oxidation sites excluding steroid dienone is 1. The number of carbonyl (C=O) groups excluding carboxylic acids is 2. The number of rotatable bonds is 5. The Morgan fingerprint density at radius 2 is 1.73 bits per heavy atom. The van der Waals surface area contributed by atoms with Gasteiger partial charge < -0.3 is 30.9 Å². The van der Waals surface area contributed by atoms with Crippen LogP contribution < -0.4 is 21.1 Å². The molecule has 40 heavy (non-hydrogen) atoms. The summed E-state index contributed by atoms with van der Waals surface area (Å²) in [6.45, 7) is 0.545. The Hall–Kier alpha value is -3.98. The molecule has 1 aliphatic carbocycles. The summed E-state index contributed by atoms with van der Waals surface area (Å²) < 4.78 is 12.3. The molecular weight excluding hydrogens is 506 g/mol. The van der Waals surface area contributed by atoms with Crippen LogP contribution in [0.25, 0.3) is 0 Å². The molecule has 2 amide bonds. The molecule has 0 aromatic heterocycles. The number of β-amino-alcohol motifs (C(OH)–C–C–N with tert-alkyl or cyclic N) is 1. The van der Waals surface area contributed by atoms with Crippen molar-refractivity contribution in [3.8, 4) is 11.5 Å². The van der Waals surface area contributed by atoms with Crippen molar-refractivity contribution >= 4 is 11.8 Å². The predicted molar refractivity (Wildman–Crippen MR) is 152 cm³/mol. The average Bonchev–Trinajstić information content (AvgIpc) is 3.30. The smallest absolute Gasteiger partial charge is 0.233 e. The molecule has 5 atom stereocenters. The Morgan fingerprint density at radius 3 is 2.48 bits per heavy atom. The van der Waals surface area contributed by atoms with Gasteiger partial charge in [0, 0.05) is 12.6 Å². The van der Waals surface area contributed by atoms with Crippen LogP contribution in [-0.2, 0) is 20.7 Å². The first-order valence-electron chi connectivity index (χ1n) is 13.7. The Morgan fingerprint density at radius 1 is 0.975 bits per heavy atom. The second kappa shape index (κ2) is 12.9. The molecule has 0 fully saturated rings. The zero-order chi connectivity index (χ0) is 27.9. The van der Waals surface area contributed by atoms with E-state index < -0.39 is 29.9 Å². The third-order valence-corrected chi connectivity index (χ3v) is 7.47. The fourth-order valence-corrected chi connectivity index (χ4v) is 5.32. The Labute approximate surface area is 234 Å². The number of hydrogen-bond acceptors (Lipinski definition) is 6. The normalized spacial score (nSPS) is 26.0. The molecular formula is C32H35N3O5. The number of benzene rings is 3. The molecule has 0 saturated carbocycles. The van der Waals surface area contributed by atoms with E-state index in [2.05, 4.69) is 10.6 Å². The number of para-hydroxylation sites is 1. The summed E-state index contributed by atoms with van der Waals surface area (Å²) in [7, 11) is 0. The zero-order valence-electron chi connectivity index (χ0n) is 22.2. The number of ether oxygens (including phenoxy) is 2. The van der Waals surface area contributed by atoms with Crippen LogP contribution >= 0.6 is 0 Å². The average molecular weight is 542 g/mol. The molecule has 5 N–H and O–H groups in total. The van der Waals surface area contributed by atoms with Crippen LogP contribution in [0, 0.1) is 5.92 Å². The number of nitrogens with two attached hydrogens (primary N) is 1. The van der Waals surface area contributed by atoms with Crippen LogP contribution in [0.1, 0.15) is 41.7 Å². The van der Waals surface area contributed by atoms with Gasteiger partial charge in [0.15, 0.2) is 0 Å². The zero-order valence-corrected chi connectivity index (χ0v) is 22.2. The van der Waals surface area contributed by atoms with E-state index in [9.17, 15) is 14.7 Å². The van der Waals surface area contributed by atoms with Crippen molar-refractivity contribution in [2.24, 2.45) is 11.7 Å². The number of carbonyl (C=O) groups is 2. The standard InChI is InChI=1S/C32H35N3O5/c33-31(37)25-13-7-8-16-39-30-19-27(26-18-23(14-15-24(26)30)40-22-11-5-2-6-12-22)34-20-29(36)28(35-32(25)38)17-21-9-3-1-4-10-21/h1-12,14-15,18,25,27-30,34,36H,13,16-17,19-20H2,(H2,33,37)(H,35,38)/b8-7+/t25-,27?,28-,29+,30?/m0/s1. The summed E-state index contributed by atoms with van der Waals surface area (Å²) >= 11 is 0.